The van der Waals surface area contributed by atoms with E-state index in [0.717, 1.165) is 22.3 Å². The number of primary amides is 1. The number of carbonyl (C=O) groups is 2. The van der Waals surface area contributed by atoms with E-state index in [1.807, 2.05) is 32.9 Å². The molecule has 32 heavy (non-hydrogen) atoms. The second-order valence-corrected chi connectivity index (χ2v) is 10.2. The third-order valence-electron chi connectivity index (χ3n) is 5.72. The number of piperidine rings is 1. The Morgan fingerprint density at radius 3 is 2.12 bits per heavy atom. The molecule has 0 aromatic heterocycles. The van der Waals surface area contributed by atoms with E-state index in [4.69, 9.17) is 5.73 Å². The molecule has 4 N–H and O–H groups in total. The zero-order valence-electron chi connectivity index (χ0n) is 18.6. The summed E-state index contributed by atoms with van der Waals surface area (Å²) in [4.78, 5) is 23.8. The largest absolute Gasteiger partial charge is 0.352 e. The Kier molecular flexibility index (Phi) is 7.20. The molecular weight excluding hydrogens is 428 g/mol. The Labute approximate surface area is 189 Å². The highest BCUT2D eigenvalue weighted by Crippen LogP contribution is 2.29. The van der Waals surface area contributed by atoms with Crippen LogP contribution in [0.2, 0.25) is 0 Å². The van der Waals surface area contributed by atoms with Crippen molar-refractivity contribution in [2.75, 3.05) is 18.4 Å². The van der Waals surface area contributed by atoms with Crippen LogP contribution >= 0.6 is 0 Å². The van der Waals surface area contributed by atoms with Gasteiger partial charge in [-0.3, -0.25) is 4.79 Å². The summed E-state index contributed by atoms with van der Waals surface area (Å²) in [6.45, 7) is 6.59. The fourth-order valence-electron chi connectivity index (χ4n) is 4.24. The molecule has 1 aliphatic heterocycles. The van der Waals surface area contributed by atoms with Crippen LogP contribution in [-0.2, 0) is 21.4 Å². The molecule has 3 amide bonds. The molecule has 0 atom stereocenters. The van der Waals surface area contributed by atoms with Gasteiger partial charge in [0.15, 0.2) is 0 Å². The average Bonchev–Trinajstić information content (AvgIpc) is 2.71. The molecule has 0 radical (unpaired) electrons. The Morgan fingerprint density at radius 2 is 1.59 bits per heavy atom. The maximum Gasteiger partial charge on any atom is 0.316 e. The van der Waals surface area contributed by atoms with Gasteiger partial charge in [0.25, 0.3) is 0 Å². The van der Waals surface area contributed by atoms with Crippen LogP contribution in [0.4, 0.5) is 10.5 Å². The third kappa shape index (κ3) is 5.46. The molecule has 8 nitrogen and oxygen atoms in total. The van der Waals surface area contributed by atoms with E-state index >= 15 is 0 Å². The van der Waals surface area contributed by atoms with Crippen molar-refractivity contribution in [3.05, 3.63) is 58.7 Å². The number of rotatable bonds is 6. The summed E-state index contributed by atoms with van der Waals surface area (Å²) in [5.74, 6) is -0.304. The second kappa shape index (κ2) is 9.70. The summed E-state index contributed by atoms with van der Waals surface area (Å²) in [5, 5.41) is 5.40. The van der Waals surface area contributed by atoms with Gasteiger partial charge in [-0.1, -0.05) is 29.8 Å². The lowest BCUT2D eigenvalue weighted by molar-refractivity contribution is -0.126. The summed E-state index contributed by atoms with van der Waals surface area (Å²) >= 11 is 0. The van der Waals surface area contributed by atoms with Crippen molar-refractivity contribution in [1.29, 1.82) is 0 Å². The number of hydrogen-bond acceptors (Lipinski definition) is 4. The van der Waals surface area contributed by atoms with E-state index in [1.165, 1.54) is 4.31 Å². The lowest BCUT2D eigenvalue weighted by Crippen LogP contribution is -2.43. The van der Waals surface area contributed by atoms with Gasteiger partial charge in [0.1, 0.15) is 0 Å². The van der Waals surface area contributed by atoms with Crippen LogP contribution in [0.1, 0.15) is 35.1 Å². The zero-order valence-corrected chi connectivity index (χ0v) is 19.5. The summed E-state index contributed by atoms with van der Waals surface area (Å²) in [6, 6.07) is 10.2. The van der Waals surface area contributed by atoms with Gasteiger partial charge in [0, 0.05) is 31.2 Å². The highest BCUT2D eigenvalue weighted by Gasteiger charge is 2.33. The second-order valence-electron chi connectivity index (χ2n) is 8.31. The van der Waals surface area contributed by atoms with Gasteiger partial charge in [-0.25, -0.2) is 13.2 Å². The van der Waals surface area contributed by atoms with Crippen molar-refractivity contribution in [3.63, 3.8) is 0 Å². The topological polar surface area (TPSA) is 122 Å². The van der Waals surface area contributed by atoms with Crippen LogP contribution < -0.4 is 16.4 Å². The Morgan fingerprint density at radius 1 is 1.03 bits per heavy atom. The number of urea groups is 1. The molecule has 0 saturated carbocycles. The molecule has 9 heteroatoms. The van der Waals surface area contributed by atoms with E-state index in [9.17, 15) is 18.0 Å². The lowest BCUT2D eigenvalue weighted by Gasteiger charge is -2.31. The van der Waals surface area contributed by atoms with Gasteiger partial charge in [0.2, 0.25) is 15.9 Å². The smallest absolute Gasteiger partial charge is 0.316 e. The molecule has 1 fully saturated rings. The highest BCUT2D eigenvalue weighted by molar-refractivity contribution is 7.89. The normalized spacial score (nSPS) is 15.3. The van der Waals surface area contributed by atoms with Crippen LogP contribution in [0, 0.1) is 26.7 Å². The lowest BCUT2D eigenvalue weighted by atomic mass is 9.97. The van der Waals surface area contributed by atoms with Gasteiger partial charge in [-0.15, -0.1) is 0 Å². The van der Waals surface area contributed by atoms with Crippen LogP contribution in [-0.4, -0.2) is 37.8 Å². The fourth-order valence-corrected chi connectivity index (χ4v) is 6.12. The first-order valence-electron chi connectivity index (χ1n) is 10.6. The Hall–Kier alpha value is -2.91. The minimum absolute atomic E-state index is 0.0796. The number of nitrogens with two attached hydrogens (primary N) is 1. The van der Waals surface area contributed by atoms with Crippen LogP contribution in [0.3, 0.4) is 0 Å². The Bertz CT molecular complexity index is 1080. The number of nitrogens with zero attached hydrogens (tertiary/aromatic N) is 1. The molecule has 1 heterocycles. The third-order valence-corrected chi connectivity index (χ3v) is 7.92. The summed E-state index contributed by atoms with van der Waals surface area (Å²) in [6.07, 6.45) is 0.965. The number of amides is 3. The quantitative estimate of drug-likeness (QED) is 0.616. The Balaban J connectivity index is 1.56. The van der Waals surface area contributed by atoms with E-state index in [0.29, 0.717) is 43.1 Å². The number of aryl methyl sites for hydroxylation is 3. The van der Waals surface area contributed by atoms with E-state index < -0.39 is 16.1 Å². The first-order chi connectivity index (χ1) is 15.1. The first-order valence-corrected chi connectivity index (χ1v) is 12.0. The molecule has 1 aliphatic rings. The number of hydrogen-bond donors (Lipinski definition) is 3. The van der Waals surface area contributed by atoms with E-state index in [2.05, 4.69) is 10.6 Å². The minimum atomic E-state index is -3.59. The average molecular weight is 459 g/mol. The van der Waals surface area contributed by atoms with E-state index in [1.54, 1.807) is 24.3 Å². The highest BCUT2D eigenvalue weighted by atomic mass is 32.2. The molecule has 3 rings (SSSR count). The maximum atomic E-state index is 13.2. The molecule has 0 unspecified atom stereocenters. The SMILES string of the molecule is Cc1cc(C)c(S(=O)(=O)N2CCC(C(=O)NCc3ccc(NC(N)=O)cc3)CC2)c(C)c1. The van der Waals surface area contributed by atoms with Crippen molar-refractivity contribution in [2.24, 2.45) is 11.7 Å². The van der Waals surface area contributed by atoms with E-state index in [-0.39, 0.29) is 11.8 Å². The molecule has 172 valence electrons. The molecule has 2 aromatic carbocycles. The van der Waals surface area contributed by atoms with Crippen LogP contribution in [0.5, 0.6) is 0 Å². The predicted molar refractivity (Wildman–Crippen MR) is 124 cm³/mol. The van der Waals surface area contributed by atoms with Gasteiger partial charge < -0.3 is 16.4 Å². The maximum absolute atomic E-state index is 13.2. The monoisotopic (exact) mass is 458 g/mol. The van der Waals surface area contributed by atoms with Gasteiger partial charge in [-0.05, 0) is 62.4 Å². The van der Waals surface area contributed by atoms with Crippen molar-refractivity contribution in [1.82, 2.24) is 9.62 Å². The molecule has 0 aliphatic carbocycles. The molecule has 0 spiro atoms. The summed E-state index contributed by atoms with van der Waals surface area (Å²) < 4.78 is 27.9. The van der Waals surface area contributed by atoms with Crippen molar-refractivity contribution < 1.29 is 18.0 Å². The summed E-state index contributed by atoms with van der Waals surface area (Å²) in [5.41, 5.74) is 9.09. The number of nitrogens with one attached hydrogen (secondary N) is 2. The van der Waals surface area contributed by atoms with Crippen LogP contribution in [0.25, 0.3) is 0 Å². The van der Waals surface area contributed by atoms with Gasteiger partial charge >= 0.3 is 6.03 Å². The van der Waals surface area contributed by atoms with Crippen molar-refractivity contribution in [3.8, 4) is 0 Å². The standard InChI is InChI=1S/C23H30N4O4S/c1-15-12-16(2)21(17(3)13-15)32(30,31)27-10-8-19(9-11-27)22(28)25-14-18-4-6-20(7-5-18)26-23(24)29/h4-7,12-13,19H,8-11,14H2,1-3H3,(H,25,28)(H3,24,26,29). The van der Waals surface area contributed by atoms with Crippen molar-refractivity contribution >= 4 is 27.6 Å². The molecule has 2 aromatic rings. The molecule has 0 bridgehead atoms. The molecular formula is C23H30N4O4S. The number of sulfonamides is 1. The summed E-state index contributed by atoms with van der Waals surface area (Å²) in [7, 11) is -3.59. The minimum Gasteiger partial charge on any atom is -0.352 e. The zero-order chi connectivity index (χ0) is 23.5. The fraction of sp³-hybridized carbons (Fsp3) is 0.391. The molecule has 1 saturated heterocycles. The number of anilines is 1. The predicted octanol–water partition coefficient (Wildman–Crippen LogP) is 2.82. The van der Waals surface area contributed by atoms with Crippen LogP contribution in [0.15, 0.2) is 41.3 Å². The number of benzene rings is 2. The van der Waals surface area contributed by atoms with Gasteiger partial charge in [0.05, 0.1) is 4.90 Å². The van der Waals surface area contributed by atoms with Crippen molar-refractivity contribution in [2.45, 2.75) is 45.1 Å². The van der Waals surface area contributed by atoms with Gasteiger partial charge in [-0.2, -0.15) is 4.31 Å². The number of carbonyl (C=O) groups excluding carboxylic acids is 2. The first kappa shape index (κ1) is 23.7.